The number of hydrogen-bond acceptors (Lipinski definition) is 2. The first-order valence-electron chi connectivity index (χ1n) is 10.3. The summed E-state index contributed by atoms with van der Waals surface area (Å²) < 4.78 is 0. The van der Waals surface area contributed by atoms with Crippen LogP contribution in [0.2, 0.25) is 0 Å². The average Bonchev–Trinajstić information content (AvgIpc) is 2.73. The van der Waals surface area contributed by atoms with E-state index in [1.165, 1.54) is 30.4 Å². The normalized spacial score (nSPS) is 15.6. The van der Waals surface area contributed by atoms with E-state index in [9.17, 15) is 4.79 Å². The Labute approximate surface area is 164 Å². The number of rotatable bonds is 8. The van der Waals surface area contributed by atoms with Gasteiger partial charge in [-0.1, -0.05) is 60.7 Å². The third kappa shape index (κ3) is 6.21. The van der Waals surface area contributed by atoms with Crippen molar-refractivity contribution >= 4 is 5.91 Å². The summed E-state index contributed by atoms with van der Waals surface area (Å²) in [5.41, 5.74) is 2.65. The monoisotopic (exact) mass is 364 g/mol. The van der Waals surface area contributed by atoms with Crippen molar-refractivity contribution in [1.29, 1.82) is 0 Å². The third-order valence-corrected chi connectivity index (χ3v) is 5.67. The molecular weight excluding hydrogens is 332 g/mol. The summed E-state index contributed by atoms with van der Waals surface area (Å²) in [6.45, 7) is 6.69. The molecule has 1 aliphatic rings. The number of benzene rings is 2. The summed E-state index contributed by atoms with van der Waals surface area (Å²) >= 11 is 0. The molecule has 0 saturated carbocycles. The van der Waals surface area contributed by atoms with Gasteiger partial charge in [0.05, 0.1) is 0 Å². The standard InChI is InChI=1S/C24H32N2O/c1-2-26(20-23-11-7-4-8-12-23)24(27)15-18-25-16-13-22(14-17-25)19-21-9-5-3-6-10-21/h3-12,22H,2,13-20H2,1H3. The molecule has 0 aromatic heterocycles. The molecule has 2 aromatic carbocycles. The molecule has 0 N–H and O–H groups in total. The van der Waals surface area contributed by atoms with Crippen LogP contribution in [0.5, 0.6) is 0 Å². The molecule has 0 bridgehead atoms. The second-order valence-electron chi connectivity index (χ2n) is 7.62. The van der Waals surface area contributed by atoms with Crippen LogP contribution in [0.4, 0.5) is 0 Å². The van der Waals surface area contributed by atoms with Crippen molar-refractivity contribution in [2.45, 2.75) is 39.2 Å². The predicted molar refractivity (Wildman–Crippen MR) is 111 cm³/mol. The number of hydrogen-bond donors (Lipinski definition) is 0. The molecule has 0 unspecified atom stereocenters. The van der Waals surface area contributed by atoms with Gasteiger partial charge in [-0.25, -0.2) is 0 Å². The van der Waals surface area contributed by atoms with E-state index in [0.717, 1.165) is 38.6 Å². The summed E-state index contributed by atoms with van der Waals surface area (Å²) in [7, 11) is 0. The van der Waals surface area contributed by atoms with E-state index >= 15 is 0 Å². The van der Waals surface area contributed by atoms with Gasteiger partial charge in [-0.15, -0.1) is 0 Å². The largest absolute Gasteiger partial charge is 0.339 e. The Morgan fingerprint density at radius 1 is 0.963 bits per heavy atom. The van der Waals surface area contributed by atoms with Gasteiger partial charge in [0, 0.05) is 26.1 Å². The molecule has 1 amide bonds. The van der Waals surface area contributed by atoms with Gasteiger partial charge >= 0.3 is 0 Å². The quantitative estimate of drug-likeness (QED) is 0.694. The van der Waals surface area contributed by atoms with Gasteiger partial charge in [0.2, 0.25) is 5.91 Å². The number of piperidine rings is 1. The Hall–Kier alpha value is -2.13. The van der Waals surface area contributed by atoms with E-state index < -0.39 is 0 Å². The fraction of sp³-hybridized carbons (Fsp3) is 0.458. The van der Waals surface area contributed by atoms with Crippen LogP contribution in [-0.2, 0) is 17.8 Å². The molecular formula is C24H32N2O. The first-order chi connectivity index (χ1) is 13.2. The van der Waals surface area contributed by atoms with E-state index in [4.69, 9.17) is 0 Å². The maximum Gasteiger partial charge on any atom is 0.224 e. The fourth-order valence-corrected chi connectivity index (χ4v) is 3.95. The number of amides is 1. The minimum atomic E-state index is 0.271. The van der Waals surface area contributed by atoms with Crippen LogP contribution in [-0.4, -0.2) is 41.9 Å². The third-order valence-electron chi connectivity index (χ3n) is 5.67. The molecule has 0 aliphatic carbocycles. The molecule has 144 valence electrons. The second kappa shape index (κ2) is 10.3. The Bertz CT molecular complexity index is 678. The number of nitrogens with zero attached hydrogens (tertiary/aromatic N) is 2. The van der Waals surface area contributed by atoms with E-state index in [-0.39, 0.29) is 5.91 Å². The Balaban J connectivity index is 1.39. The van der Waals surface area contributed by atoms with Crippen molar-refractivity contribution in [2.24, 2.45) is 5.92 Å². The first kappa shape index (κ1) is 19.6. The Morgan fingerprint density at radius 2 is 1.56 bits per heavy atom. The van der Waals surface area contributed by atoms with E-state index in [2.05, 4.69) is 54.3 Å². The van der Waals surface area contributed by atoms with Crippen molar-refractivity contribution in [1.82, 2.24) is 9.80 Å². The summed E-state index contributed by atoms with van der Waals surface area (Å²) in [6.07, 6.45) is 4.30. The van der Waals surface area contributed by atoms with Crippen LogP contribution >= 0.6 is 0 Å². The maximum absolute atomic E-state index is 12.6. The Morgan fingerprint density at radius 3 is 2.15 bits per heavy atom. The van der Waals surface area contributed by atoms with E-state index in [1.807, 2.05) is 23.1 Å². The van der Waals surface area contributed by atoms with Gasteiger partial charge < -0.3 is 9.80 Å². The van der Waals surface area contributed by atoms with E-state index in [0.29, 0.717) is 6.42 Å². The molecule has 1 fully saturated rings. The molecule has 3 nitrogen and oxygen atoms in total. The number of carbonyl (C=O) groups is 1. The lowest BCUT2D eigenvalue weighted by molar-refractivity contribution is -0.132. The molecule has 0 atom stereocenters. The SMILES string of the molecule is CCN(Cc1ccccc1)C(=O)CCN1CCC(Cc2ccccc2)CC1. The zero-order valence-electron chi connectivity index (χ0n) is 16.5. The minimum Gasteiger partial charge on any atom is -0.339 e. The van der Waals surface area contributed by atoms with E-state index in [1.54, 1.807) is 0 Å². The molecule has 1 aliphatic heterocycles. The van der Waals surface area contributed by atoms with Crippen LogP contribution < -0.4 is 0 Å². The van der Waals surface area contributed by atoms with Gasteiger partial charge in [-0.2, -0.15) is 0 Å². The highest BCUT2D eigenvalue weighted by Crippen LogP contribution is 2.21. The minimum absolute atomic E-state index is 0.271. The van der Waals surface area contributed by atoms with Gasteiger partial charge in [-0.05, 0) is 56.3 Å². The van der Waals surface area contributed by atoms with Crippen molar-refractivity contribution in [3.63, 3.8) is 0 Å². The molecule has 0 radical (unpaired) electrons. The van der Waals surface area contributed by atoms with Gasteiger partial charge in [0.15, 0.2) is 0 Å². The van der Waals surface area contributed by atoms with Gasteiger partial charge in [-0.3, -0.25) is 4.79 Å². The zero-order chi connectivity index (χ0) is 18.9. The molecule has 2 aromatic rings. The van der Waals surface area contributed by atoms with Gasteiger partial charge in [0.25, 0.3) is 0 Å². The van der Waals surface area contributed by atoms with Crippen molar-refractivity contribution in [2.75, 3.05) is 26.2 Å². The van der Waals surface area contributed by atoms with Crippen LogP contribution in [0, 0.1) is 5.92 Å². The smallest absolute Gasteiger partial charge is 0.224 e. The summed E-state index contributed by atoms with van der Waals surface area (Å²) in [6, 6.07) is 21.1. The van der Waals surface area contributed by atoms with Crippen molar-refractivity contribution < 1.29 is 4.79 Å². The topological polar surface area (TPSA) is 23.6 Å². The summed E-state index contributed by atoms with van der Waals surface area (Å²) in [4.78, 5) is 17.1. The maximum atomic E-state index is 12.6. The summed E-state index contributed by atoms with van der Waals surface area (Å²) in [5.74, 6) is 1.05. The summed E-state index contributed by atoms with van der Waals surface area (Å²) in [5, 5.41) is 0. The lowest BCUT2D eigenvalue weighted by Gasteiger charge is -2.32. The lowest BCUT2D eigenvalue weighted by atomic mass is 9.90. The Kier molecular flexibility index (Phi) is 7.46. The fourth-order valence-electron chi connectivity index (χ4n) is 3.95. The molecule has 3 rings (SSSR count). The predicted octanol–water partition coefficient (Wildman–Crippen LogP) is 4.38. The average molecular weight is 365 g/mol. The highest BCUT2D eigenvalue weighted by molar-refractivity contribution is 5.76. The molecule has 1 saturated heterocycles. The lowest BCUT2D eigenvalue weighted by Crippen LogP contribution is -2.38. The van der Waals surface area contributed by atoms with Gasteiger partial charge in [0.1, 0.15) is 0 Å². The second-order valence-corrected chi connectivity index (χ2v) is 7.62. The van der Waals surface area contributed by atoms with Crippen molar-refractivity contribution in [3.05, 3.63) is 71.8 Å². The zero-order valence-corrected chi connectivity index (χ0v) is 16.5. The number of likely N-dealkylation sites (tertiary alicyclic amines) is 1. The molecule has 1 heterocycles. The van der Waals surface area contributed by atoms with Crippen LogP contribution in [0.3, 0.4) is 0 Å². The first-order valence-corrected chi connectivity index (χ1v) is 10.3. The van der Waals surface area contributed by atoms with Crippen LogP contribution in [0.25, 0.3) is 0 Å². The van der Waals surface area contributed by atoms with Crippen molar-refractivity contribution in [3.8, 4) is 0 Å². The number of carbonyl (C=O) groups excluding carboxylic acids is 1. The molecule has 3 heteroatoms. The highest BCUT2D eigenvalue weighted by Gasteiger charge is 2.21. The molecule has 27 heavy (non-hydrogen) atoms. The van der Waals surface area contributed by atoms with Crippen LogP contribution in [0.1, 0.15) is 37.3 Å². The van der Waals surface area contributed by atoms with Crippen LogP contribution in [0.15, 0.2) is 60.7 Å². The molecule has 0 spiro atoms. The highest BCUT2D eigenvalue weighted by atomic mass is 16.2.